The Hall–Kier alpha value is -2.44. The van der Waals surface area contributed by atoms with Crippen LogP contribution in [0.4, 0.5) is 0 Å². The second kappa shape index (κ2) is 4.60. The number of aryl methyl sites for hydroxylation is 1. The van der Waals surface area contributed by atoms with Crippen molar-refractivity contribution in [2.24, 2.45) is 0 Å². The van der Waals surface area contributed by atoms with Crippen molar-refractivity contribution in [3.05, 3.63) is 46.0 Å². The first-order chi connectivity index (χ1) is 8.16. The summed E-state index contributed by atoms with van der Waals surface area (Å²) in [4.78, 5) is 26.3. The van der Waals surface area contributed by atoms with Crippen molar-refractivity contribution in [1.82, 2.24) is 20.5 Å². The minimum Gasteiger partial charge on any atom is -0.446 e. The van der Waals surface area contributed by atoms with E-state index in [1.54, 1.807) is 6.92 Å². The third-order valence-electron chi connectivity index (χ3n) is 2.17. The number of carbonyl (C=O) groups is 1. The first kappa shape index (κ1) is 11.1. The number of oxazole rings is 1. The fourth-order valence-corrected chi connectivity index (χ4v) is 1.22. The average molecular weight is 234 g/mol. The summed E-state index contributed by atoms with van der Waals surface area (Å²) < 4.78 is 5.07. The van der Waals surface area contributed by atoms with E-state index in [-0.39, 0.29) is 17.8 Å². The lowest BCUT2D eigenvalue weighted by atomic mass is 10.3. The number of hydrogen-bond donors (Lipinski definition) is 2. The molecule has 0 unspecified atom stereocenters. The van der Waals surface area contributed by atoms with Crippen LogP contribution in [0.3, 0.4) is 0 Å². The maximum atomic E-state index is 11.6. The van der Waals surface area contributed by atoms with Crippen molar-refractivity contribution in [3.8, 4) is 0 Å². The molecule has 0 aromatic carbocycles. The van der Waals surface area contributed by atoms with E-state index in [1.165, 1.54) is 18.5 Å². The van der Waals surface area contributed by atoms with Gasteiger partial charge in [0.2, 0.25) is 0 Å². The summed E-state index contributed by atoms with van der Waals surface area (Å²) in [5.74, 6) is 0.194. The lowest BCUT2D eigenvalue weighted by Gasteiger charge is -2.01. The maximum absolute atomic E-state index is 11.6. The molecule has 17 heavy (non-hydrogen) atoms. The van der Waals surface area contributed by atoms with E-state index in [9.17, 15) is 9.59 Å². The number of aromatic nitrogens is 3. The standard InChI is InChI=1S/C10H10N4O3/c1-6-8(17-5-12-6)4-11-10(16)7-2-3-9(15)14-13-7/h2-3,5H,4H2,1H3,(H,11,16)(H,14,15). The fourth-order valence-electron chi connectivity index (χ4n) is 1.22. The quantitative estimate of drug-likeness (QED) is 0.778. The Bertz CT molecular complexity index is 567. The third-order valence-corrected chi connectivity index (χ3v) is 2.17. The van der Waals surface area contributed by atoms with Crippen LogP contribution >= 0.6 is 0 Å². The Kier molecular flexibility index (Phi) is 2.99. The Morgan fingerprint density at radius 3 is 2.94 bits per heavy atom. The maximum Gasteiger partial charge on any atom is 0.272 e. The van der Waals surface area contributed by atoms with E-state index in [1.807, 2.05) is 0 Å². The second-order valence-electron chi connectivity index (χ2n) is 3.35. The van der Waals surface area contributed by atoms with Crippen LogP contribution in [0.2, 0.25) is 0 Å². The van der Waals surface area contributed by atoms with Gasteiger partial charge in [0.05, 0.1) is 12.2 Å². The van der Waals surface area contributed by atoms with Gasteiger partial charge in [-0.1, -0.05) is 0 Å². The highest BCUT2D eigenvalue weighted by Crippen LogP contribution is 2.04. The topological polar surface area (TPSA) is 101 Å². The molecule has 7 nitrogen and oxygen atoms in total. The number of aromatic amines is 1. The van der Waals surface area contributed by atoms with Crippen molar-refractivity contribution >= 4 is 5.91 Å². The molecule has 2 rings (SSSR count). The molecule has 2 aromatic rings. The monoisotopic (exact) mass is 234 g/mol. The number of carbonyl (C=O) groups excluding carboxylic acids is 1. The minimum absolute atomic E-state index is 0.141. The molecule has 2 aromatic heterocycles. The highest BCUT2D eigenvalue weighted by atomic mass is 16.3. The largest absolute Gasteiger partial charge is 0.446 e. The summed E-state index contributed by atoms with van der Waals surface area (Å²) in [5, 5.41) is 8.39. The summed E-state index contributed by atoms with van der Waals surface area (Å²) in [5.41, 5.74) is 0.508. The Balaban J connectivity index is 2.00. The summed E-state index contributed by atoms with van der Waals surface area (Å²) in [7, 11) is 0. The van der Waals surface area contributed by atoms with Gasteiger partial charge in [0, 0.05) is 6.07 Å². The lowest BCUT2D eigenvalue weighted by Crippen LogP contribution is -2.25. The molecular formula is C10H10N4O3. The second-order valence-corrected chi connectivity index (χ2v) is 3.35. The zero-order chi connectivity index (χ0) is 12.3. The molecule has 0 aliphatic rings. The predicted molar refractivity (Wildman–Crippen MR) is 57.3 cm³/mol. The molecule has 1 amide bonds. The van der Waals surface area contributed by atoms with Crippen LogP contribution in [0.1, 0.15) is 21.9 Å². The smallest absolute Gasteiger partial charge is 0.272 e. The van der Waals surface area contributed by atoms with Crippen molar-refractivity contribution in [3.63, 3.8) is 0 Å². The molecule has 0 saturated heterocycles. The van der Waals surface area contributed by atoms with Crippen LogP contribution in [0.5, 0.6) is 0 Å². The van der Waals surface area contributed by atoms with Crippen molar-refractivity contribution < 1.29 is 9.21 Å². The van der Waals surface area contributed by atoms with Crippen LogP contribution in [0.25, 0.3) is 0 Å². The highest BCUT2D eigenvalue weighted by molar-refractivity contribution is 5.91. The number of nitrogens with one attached hydrogen (secondary N) is 2. The third kappa shape index (κ3) is 2.57. The van der Waals surface area contributed by atoms with E-state index < -0.39 is 5.91 Å². The Labute approximate surface area is 95.9 Å². The van der Waals surface area contributed by atoms with Crippen molar-refractivity contribution in [1.29, 1.82) is 0 Å². The summed E-state index contributed by atoms with van der Waals surface area (Å²) >= 11 is 0. The summed E-state index contributed by atoms with van der Waals surface area (Å²) in [6, 6.07) is 2.59. The predicted octanol–water partition coefficient (Wildman–Crippen LogP) is -0.00368. The Morgan fingerprint density at radius 1 is 1.53 bits per heavy atom. The molecule has 88 valence electrons. The summed E-state index contributed by atoms with van der Waals surface area (Å²) in [6.45, 7) is 2.01. The van der Waals surface area contributed by atoms with Crippen molar-refractivity contribution in [2.45, 2.75) is 13.5 Å². The number of rotatable bonds is 3. The molecule has 0 atom stereocenters. The van der Waals surface area contributed by atoms with Crippen LogP contribution < -0.4 is 10.9 Å². The number of H-pyrrole nitrogens is 1. The molecule has 7 heteroatoms. The van der Waals surface area contributed by atoms with E-state index in [0.29, 0.717) is 5.76 Å². The van der Waals surface area contributed by atoms with E-state index in [2.05, 4.69) is 20.5 Å². The highest BCUT2D eigenvalue weighted by Gasteiger charge is 2.09. The molecule has 0 spiro atoms. The van der Waals surface area contributed by atoms with E-state index >= 15 is 0 Å². The molecule has 0 aliphatic carbocycles. The van der Waals surface area contributed by atoms with Gasteiger partial charge >= 0.3 is 0 Å². The zero-order valence-electron chi connectivity index (χ0n) is 9.06. The number of nitrogens with zero attached hydrogens (tertiary/aromatic N) is 2. The Morgan fingerprint density at radius 2 is 2.35 bits per heavy atom. The van der Waals surface area contributed by atoms with Gasteiger partial charge in [-0.3, -0.25) is 9.59 Å². The molecule has 2 heterocycles. The van der Waals surface area contributed by atoms with Crippen molar-refractivity contribution in [2.75, 3.05) is 0 Å². The van der Waals surface area contributed by atoms with Crippen LogP contribution in [0.15, 0.2) is 27.7 Å². The van der Waals surface area contributed by atoms with E-state index in [4.69, 9.17) is 4.42 Å². The van der Waals surface area contributed by atoms with Gasteiger partial charge in [0.15, 0.2) is 6.39 Å². The van der Waals surface area contributed by atoms with Gasteiger partial charge in [0.1, 0.15) is 11.5 Å². The zero-order valence-corrected chi connectivity index (χ0v) is 9.06. The van der Waals surface area contributed by atoms with Gasteiger partial charge in [-0.05, 0) is 13.0 Å². The minimum atomic E-state index is -0.392. The van der Waals surface area contributed by atoms with E-state index in [0.717, 1.165) is 5.69 Å². The lowest BCUT2D eigenvalue weighted by molar-refractivity contribution is 0.0942. The number of amides is 1. The molecule has 0 radical (unpaired) electrons. The van der Waals surface area contributed by atoms with Gasteiger partial charge in [0.25, 0.3) is 11.5 Å². The van der Waals surface area contributed by atoms with Crippen LogP contribution in [-0.4, -0.2) is 21.1 Å². The van der Waals surface area contributed by atoms with Gasteiger partial charge < -0.3 is 9.73 Å². The van der Waals surface area contributed by atoms with Crippen LogP contribution in [0, 0.1) is 6.92 Å². The molecule has 2 N–H and O–H groups in total. The molecule has 0 saturated carbocycles. The summed E-state index contributed by atoms with van der Waals surface area (Å²) in [6.07, 6.45) is 1.31. The first-order valence-corrected chi connectivity index (χ1v) is 4.89. The molecular weight excluding hydrogens is 224 g/mol. The number of hydrogen-bond acceptors (Lipinski definition) is 5. The van der Waals surface area contributed by atoms with Crippen LogP contribution in [-0.2, 0) is 6.54 Å². The SMILES string of the molecule is Cc1ncoc1CNC(=O)c1ccc(=O)[nH]n1. The van der Waals surface area contributed by atoms with Gasteiger partial charge in [-0.2, -0.15) is 5.10 Å². The van der Waals surface area contributed by atoms with Gasteiger partial charge in [-0.25, -0.2) is 10.1 Å². The first-order valence-electron chi connectivity index (χ1n) is 4.89. The molecule has 0 bridgehead atoms. The fraction of sp³-hybridized carbons (Fsp3) is 0.200. The molecule has 0 aliphatic heterocycles. The molecule has 0 fully saturated rings. The normalized spacial score (nSPS) is 10.2. The van der Waals surface area contributed by atoms with Gasteiger partial charge in [-0.15, -0.1) is 0 Å². The average Bonchev–Trinajstić information content (AvgIpc) is 2.73.